The van der Waals surface area contributed by atoms with Crippen molar-refractivity contribution in [3.63, 3.8) is 0 Å². The van der Waals surface area contributed by atoms with Crippen molar-refractivity contribution in [1.29, 1.82) is 0 Å². The standard InChI is InChI=1S/C24H24N8O/c1-4-32-21(16-10-25-13(2)26-11-16)30-19-18(28-12-29-22(19)32)15-7-17-20(27-9-15)31-23(33)24(17,3)8-14-5-6-14/h7,9-12,14H,4-6,8H2,1-3H3,(H,27,31,33). The molecule has 0 bridgehead atoms. The number of aromatic nitrogens is 7. The van der Waals surface area contributed by atoms with Gasteiger partial charge in [-0.1, -0.05) is 12.8 Å². The molecule has 33 heavy (non-hydrogen) atoms. The highest BCUT2D eigenvalue weighted by Gasteiger charge is 2.46. The van der Waals surface area contributed by atoms with E-state index in [0.29, 0.717) is 35.3 Å². The number of aryl methyl sites for hydroxylation is 2. The van der Waals surface area contributed by atoms with Gasteiger partial charge in [-0.2, -0.15) is 0 Å². The SMILES string of the molecule is CCn1c(-c2cnc(C)nc2)nc2c(-c3cnc4c(c3)C(C)(CC3CC3)C(=O)N4)ncnc21. The molecule has 9 heteroatoms. The van der Waals surface area contributed by atoms with Crippen LogP contribution in [-0.4, -0.2) is 40.4 Å². The van der Waals surface area contributed by atoms with Crippen molar-refractivity contribution in [3.8, 4) is 22.6 Å². The fraction of sp³-hybridized carbons (Fsp3) is 0.375. The molecule has 1 amide bonds. The van der Waals surface area contributed by atoms with Crippen molar-refractivity contribution in [3.05, 3.63) is 42.4 Å². The zero-order valence-electron chi connectivity index (χ0n) is 18.8. The number of hydrogen-bond acceptors (Lipinski definition) is 7. The molecule has 9 nitrogen and oxygen atoms in total. The highest BCUT2D eigenvalue weighted by molar-refractivity contribution is 6.05. The molecule has 1 aliphatic heterocycles. The van der Waals surface area contributed by atoms with E-state index < -0.39 is 5.41 Å². The maximum atomic E-state index is 12.8. The zero-order chi connectivity index (χ0) is 22.7. The van der Waals surface area contributed by atoms with E-state index in [2.05, 4.69) is 37.2 Å². The third-order valence-electron chi connectivity index (χ3n) is 6.77. The van der Waals surface area contributed by atoms with Crippen LogP contribution >= 0.6 is 0 Å². The van der Waals surface area contributed by atoms with Crippen LogP contribution in [-0.2, 0) is 16.8 Å². The second kappa shape index (κ2) is 7.13. The number of pyridine rings is 1. The molecule has 166 valence electrons. The number of carbonyl (C=O) groups excluding carboxylic acids is 1. The summed E-state index contributed by atoms with van der Waals surface area (Å²) in [5, 5.41) is 2.97. The summed E-state index contributed by atoms with van der Waals surface area (Å²) < 4.78 is 2.04. The first-order valence-electron chi connectivity index (χ1n) is 11.3. The monoisotopic (exact) mass is 440 g/mol. The molecule has 2 aliphatic rings. The Morgan fingerprint density at radius 2 is 1.85 bits per heavy atom. The molecule has 4 aromatic rings. The Labute approximate surface area is 190 Å². The molecule has 1 atom stereocenters. The van der Waals surface area contributed by atoms with E-state index in [0.717, 1.165) is 34.6 Å². The first kappa shape index (κ1) is 19.9. The number of imidazole rings is 1. The van der Waals surface area contributed by atoms with Crippen LogP contribution in [0.15, 0.2) is 31.0 Å². The minimum atomic E-state index is -0.571. The molecule has 1 N–H and O–H groups in total. The zero-order valence-corrected chi connectivity index (χ0v) is 18.8. The van der Waals surface area contributed by atoms with Gasteiger partial charge >= 0.3 is 0 Å². The molecule has 1 saturated carbocycles. The largest absolute Gasteiger partial charge is 0.310 e. The molecule has 0 radical (unpaired) electrons. The Balaban J connectivity index is 1.50. The van der Waals surface area contributed by atoms with Gasteiger partial charge in [0, 0.05) is 36.3 Å². The number of nitrogens with zero attached hydrogens (tertiary/aromatic N) is 7. The highest BCUT2D eigenvalue weighted by Crippen LogP contribution is 2.47. The third kappa shape index (κ3) is 3.10. The summed E-state index contributed by atoms with van der Waals surface area (Å²) in [6.07, 6.45) is 10.1. The summed E-state index contributed by atoms with van der Waals surface area (Å²) in [6, 6.07) is 2.05. The van der Waals surface area contributed by atoms with Crippen molar-refractivity contribution < 1.29 is 4.79 Å². The second-order valence-corrected chi connectivity index (χ2v) is 9.15. The van der Waals surface area contributed by atoms with E-state index in [4.69, 9.17) is 4.98 Å². The highest BCUT2D eigenvalue weighted by atomic mass is 16.2. The summed E-state index contributed by atoms with van der Waals surface area (Å²) in [6.45, 7) is 6.62. The molecular formula is C24H24N8O. The third-order valence-corrected chi connectivity index (χ3v) is 6.77. The smallest absolute Gasteiger partial charge is 0.236 e. The van der Waals surface area contributed by atoms with Gasteiger partial charge in [-0.25, -0.2) is 29.9 Å². The lowest BCUT2D eigenvalue weighted by molar-refractivity contribution is -0.120. The molecule has 4 aromatic heterocycles. The Morgan fingerprint density at radius 3 is 2.58 bits per heavy atom. The molecule has 0 spiro atoms. The van der Waals surface area contributed by atoms with Crippen molar-refractivity contribution in [2.24, 2.45) is 5.92 Å². The van der Waals surface area contributed by atoms with Crippen molar-refractivity contribution in [2.45, 2.75) is 52.0 Å². The topological polar surface area (TPSA) is 111 Å². The summed E-state index contributed by atoms with van der Waals surface area (Å²) in [5.41, 5.74) is 4.15. The van der Waals surface area contributed by atoms with Gasteiger partial charge in [-0.05, 0) is 39.2 Å². The molecule has 0 saturated heterocycles. The van der Waals surface area contributed by atoms with E-state index in [1.165, 1.54) is 12.8 Å². The maximum absolute atomic E-state index is 12.8. The van der Waals surface area contributed by atoms with E-state index in [1.807, 2.05) is 24.5 Å². The van der Waals surface area contributed by atoms with Gasteiger partial charge in [0.25, 0.3) is 0 Å². The van der Waals surface area contributed by atoms with Crippen LogP contribution < -0.4 is 5.32 Å². The van der Waals surface area contributed by atoms with Crippen LogP contribution in [0.3, 0.4) is 0 Å². The summed E-state index contributed by atoms with van der Waals surface area (Å²) in [4.78, 5) is 40.1. The van der Waals surface area contributed by atoms with Crippen molar-refractivity contribution in [2.75, 3.05) is 5.32 Å². The van der Waals surface area contributed by atoms with E-state index >= 15 is 0 Å². The van der Waals surface area contributed by atoms with Gasteiger partial charge in [-0.15, -0.1) is 0 Å². The lowest BCUT2D eigenvalue weighted by atomic mass is 9.79. The van der Waals surface area contributed by atoms with Gasteiger partial charge in [0.15, 0.2) is 5.65 Å². The van der Waals surface area contributed by atoms with E-state index in [-0.39, 0.29) is 5.91 Å². The Kier molecular flexibility index (Phi) is 4.30. The normalized spacial score (nSPS) is 19.7. The Bertz CT molecular complexity index is 1410. The fourth-order valence-corrected chi connectivity index (χ4v) is 4.76. The van der Waals surface area contributed by atoms with Crippen molar-refractivity contribution >= 4 is 22.9 Å². The van der Waals surface area contributed by atoms with Crippen LogP contribution in [0.4, 0.5) is 5.82 Å². The quantitative estimate of drug-likeness (QED) is 0.504. The van der Waals surface area contributed by atoms with Crippen LogP contribution in [0, 0.1) is 12.8 Å². The number of rotatable bonds is 5. The molecule has 1 fully saturated rings. The minimum absolute atomic E-state index is 0.0267. The first-order chi connectivity index (χ1) is 16.0. The Hall–Kier alpha value is -3.75. The van der Waals surface area contributed by atoms with E-state index in [1.54, 1.807) is 24.9 Å². The second-order valence-electron chi connectivity index (χ2n) is 9.15. The predicted octanol–water partition coefficient (Wildman–Crippen LogP) is 3.68. The number of fused-ring (bicyclic) bond motifs is 2. The van der Waals surface area contributed by atoms with Crippen molar-refractivity contribution in [1.82, 2.24) is 34.5 Å². The predicted molar refractivity (Wildman–Crippen MR) is 123 cm³/mol. The average Bonchev–Trinajstić information content (AvgIpc) is 3.49. The molecule has 1 unspecified atom stereocenters. The van der Waals surface area contributed by atoms with Gasteiger partial charge in [-0.3, -0.25) is 4.79 Å². The van der Waals surface area contributed by atoms with Gasteiger partial charge in [0.2, 0.25) is 5.91 Å². The number of nitrogens with one attached hydrogen (secondary N) is 1. The first-order valence-corrected chi connectivity index (χ1v) is 11.3. The summed E-state index contributed by atoms with van der Waals surface area (Å²) in [7, 11) is 0. The van der Waals surface area contributed by atoms with Gasteiger partial charge < -0.3 is 9.88 Å². The molecule has 1 aliphatic carbocycles. The number of hydrogen-bond donors (Lipinski definition) is 1. The maximum Gasteiger partial charge on any atom is 0.236 e. The van der Waals surface area contributed by atoms with Crippen LogP contribution in [0.5, 0.6) is 0 Å². The van der Waals surface area contributed by atoms with Crippen LogP contribution in [0.2, 0.25) is 0 Å². The number of anilines is 1. The minimum Gasteiger partial charge on any atom is -0.310 e. The van der Waals surface area contributed by atoms with E-state index in [9.17, 15) is 4.79 Å². The van der Waals surface area contributed by atoms with Crippen LogP contribution in [0.25, 0.3) is 33.8 Å². The fourth-order valence-electron chi connectivity index (χ4n) is 4.76. The Morgan fingerprint density at radius 1 is 1.09 bits per heavy atom. The average molecular weight is 441 g/mol. The summed E-state index contributed by atoms with van der Waals surface area (Å²) >= 11 is 0. The molecule has 5 heterocycles. The lowest BCUT2D eigenvalue weighted by Gasteiger charge is -2.22. The summed E-state index contributed by atoms with van der Waals surface area (Å²) in [5.74, 6) is 2.74. The number of carbonyl (C=O) groups is 1. The number of amides is 1. The molecular weight excluding hydrogens is 416 g/mol. The van der Waals surface area contributed by atoms with Gasteiger partial charge in [0.1, 0.15) is 35.0 Å². The van der Waals surface area contributed by atoms with Crippen LogP contribution in [0.1, 0.15) is 44.5 Å². The molecule has 6 rings (SSSR count). The lowest BCUT2D eigenvalue weighted by Crippen LogP contribution is -2.31. The molecule has 0 aromatic carbocycles. The van der Waals surface area contributed by atoms with Gasteiger partial charge in [0.05, 0.1) is 11.0 Å².